The number of aromatic nitrogens is 1. The van der Waals surface area contributed by atoms with Gasteiger partial charge in [-0.05, 0) is 37.3 Å². The van der Waals surface area contributed by atoms with Gasteiger partial charge in [0.05, 0.1) is 5.69 Å². The van der Waals surface area contributed by atoms with Crippen molar-refractivity contribution in [2.45, 2.75) is 19.3 Å². The second-order valence-electron chi connectivity index (χ2n) is 3.68. The monoisotopic (exact) mass is 193 g/mol. The Morgan fingerprint density at radius 1 is 1.43 bits per heavy atom. The molecule has 0 unspecified atom stereocenters. The van der Waals surface area contributed by atoms with Gasteiger partial charge in [-0.25, -0.2) is 4.79 Å². The van der Waals surface area contributed by atoms with Crippen LogP contribution in [0.1, 0.15) is 29.0 Å². The molecule has 0 saturated heterocycles. The SMILES string of the molecule is O=C(O)C(=O)c1ccc(CC2CC2)[nH]1. The Morgan fingerprint density at radius 3 is 2.71 bits per heavy atom. The minimum Gasteiger partial charge on any atom is -0.475 e. The smallest absolute Gasteiger partial charge is 0.378 e. The van der Waals surface area contributed by atoms with Crippen LogP contribution < -0.4 is 0 Å². The lowest BCUT2D eigenvalue weighted by Gasteiger charge is -1.93. The Morgan fingerprint density at radius 2 is 2.14 bits per heavy atom. The maximum Gasteiger partial charge on any atom is 0.378 e. The van der Waals surface area contributed by atoms with E-state index in [0.717, 1.165) is 18.0 Å². The van der Waals surface area contributed by atoms with E-state index in [-0.39, 0.29) is 5.69 Å². The first-order valence-corrected chi connectivity index (χ1v) is 4.62. The topological polar surface area (TPSA) is 70.2 Å². The molecule has 4 nitrogen and oxygen atoms in total. The number of rotatable bonds is 4. The molecule has 1 saturated carbocycles. The van der Waals surface area contributed by atoms with Gasteiger partial charge in [-0.1, -0.05) is 0 Å². The third kappa shape index (κ3) is 1.84. The van der Waals surface area contributed by atoms with Gasteiger partial charge >= 0.3 is 5.97 Å². The van der Waals surface area contributed by atoms with Crippen molar-refractivity contribution in [1.29, 1.82) is 0 Å². The number of nitrogens with one attached hydrogen (secondary N) is 1. The number of Topliss-reactive ketones (excluding diaryl/α,β-unsaturated/α-hetero) is 1. The highest BCUT2D eigenvalue weighted by Gasteiger charge is 2.23. The van der Waals surface area contributed by atoms with Crippen LogP contribution in [0.4, 0.5) is 0 Å². The fourth-order valence-electron chi connectivity index (χ4n) is 1.44. The molecule has 1 aromatic heterocycles. The molecule has 2 rings (SSSR count). The lowest BCUT2D eigenvalue weighted by Crippen LogP contribution is -2.13. The quantitative estimate of drug-likeness (QED) is 0.558. The largest absolute Gasteiger partial charge is 0.475 e. The Hall–Kier alpha value is -1.58. The zero-order chi connectivity index (χ0) is 10.1. The van der Waals surface area contributed by atoms with Crippen molar-refractivity contribution < 1.29 is 14.7 Å². The average molecular weight is 193 g/mol. The van der Waals surface area contributed by atoms with Crippen LogP contribution in [0.15, 0.2) is 12.1 Å². The predicted molar refractivity (Wildman–Crippen MR) is 49.2 cm³/mol. The van der Waals surface area contributed by atoms with E-state index in [0.29, 0.717) is 0 Å². The summed E-state index contributed by atoms with van der Waals surface area (Å²) in [5.74, 6) is -1.56. The zero-order valence-corrected chi connectivity index (χ0v) is 7.62. The number of carbonyl (C=O) groups is 2. The summed E-state index contributed by atoms with van der Waals surface area (Å²) < 4.78 is 0. The van der Waals surface area contributed by atoms with Gasteiger partial charge in [-0.15, -0.1) is 0 Å². The molecule has 14 heavy (non-hydrogen) atoms. The van der Waals surface area contributed by atoms with Gasteiger partial charge in [0, 0.05) is 5.69 Å². The Labute approximate surface area is 80.9 Å². The van der Waals surface area contributed by atoms with Gasteiger partial charge in [0.25, 0.3) is 5.78 Å². The molecule has 0 aliphatic heterocycles. The van der Waals surface area contributed by atoms with E-state index < -0.39 is 11.8 Å². The summed E-state index contributed by atoms with van der Waals surface area (Å²) in [5.41, 5.74) is 1.13. The maximum atomic E-state index is 11.0. The van der Waals surface area contributed by atoms with Crippen molar-refractivity contribution in [2.24, 2.45) is 5.92 Å². The first-order chi connectivity index (χ1) is 6.66. The van der Waals surface area contributed by atoms with E-state index in [1.807, 2.05) is 0 Å². The number of carboxylic acids is 1. The molecule has 0 amide bonds. The molecule has 1 aliphatic carbocycles. The Balaban J connectivity index is 2.08. The van der Waals surface area contributed by atoms with Crippen LogP contribution in [0.25, 0.3) is 0 Å². The van der Waals surface area contributed by atoms with Crippen molar-refractivity contribution in [2.75, 3.05) is 0 Å². The second-order valence-corrected chi connectivity index (χ2v) is 3.68. The van der Waals surface area contributed by atoms with Gasteiger partial charge in [-0.3, -0.25) is 4.79 Å². The summed E-state index contributed by atoms with van der Waals surface area (Å²) in [6, 6.07) is 3.32. The number of carbonyl (C=O) groups excluding carboxylic acids is 1. The highest BCUT2D eigenvalue weighted by Crippen LogP contribution is 2.32. The van der Waals surface area contributed by atoms with E-state index in [1.165, 1.54) is 18.9 Å². The normalized spacial score (nSPS) is 15.4. The number of hydrogen-bond acceptors (Lipinski definition) is 2. The van der Waals surface area contributed by atoms with Crippen LogP contribution in [0.5, 0.6) is 0 Å². The molecule has 1 heterocycles. The number of aromatic amines is 1. The Kier molecular flexibility index (Phi) is 2.11. The molecule has 0 spiro atoms. The summed E-state index contributed by atoms with van der Waals surface area (Å²) in [6.45, 7) is 0. The molecule has 74 valence electrons. The number of H-pyrrole nitrogens is 1. The Bertz CT molecular complexity index is 376. The molecule has 4 heteroatoms. The van der Waals surface area contributed by atoms with E-state index in [2.05, 4.69) is 4.98 Å². The summed E-state index contributed by atoms with van der Waals surface area (Å²) in [7, 11) is 0. The number of carboxylic acid groups (broad SMARTS) is 1. The van der Waals surface area contributed by atoms with Crippen LogP contribution in [0.3, 0.4) is 0 Å². The maximum absolute atomic E-state index is 11.0. The van der Waals surface area contributed by atoms with Gasteiger partial charge in [-0.2, -0.15) is 0 Å². The molecule has 0 aromatic carbocycles. The van der Waals surface area contributed by atoms with Crippen LogP contribution >= 0.6 is 0 Å². The van der Waals surface area contributed by atoms with Crippen LogP contribution in [-0.2, 0) is 11.2 Å². The third-order valence-corrected chi connectivity index (χ3v) is 2.39. The van der Waals surface area contributed by atoms with E-state index in [1.54, 1.807) is 6.07 Å². The first-order valence-electron chi connectivity index (χ1n) is 4.62. The van der Waals surface area contributed by atoms with Gasteiger partial charge in [0.15, 0.2) is 0 Å². The molecule has 1 aromatic rings. The fraction of sp³-hybridized carbons (Fsp3) is 0.400. The number of ketones is 1. The van der Waals surface area contributed by atoms with Crippen LogP contribution in [0.2, 0.25) is 0 Å². The minimum absolute atomic E-state index is 0.174. The molecule has 1 fully saturated rings. The third-order valence-electron chi connectivity index (χ3n) is 2.39. The summed E-state index contributed by atoms with van der Waals surface area (Å²) in [5, 5.41) is 8.47. The molecule has 0 atom stereocenters. The highest BCUT2D eigenvalue weighted by molar-refractivity contribution is 6.39. The van der Waals surface area contributed by atoms with Gasteiger partial charge in [0.1, 0.15) is 0 Å². The molecule has 0 bridgehead atoms. The van der Waals surface area contributed by atoms with E-state index in [4.69, 9.17) is 5.11 Å². The van der Waals surface area contributed by atoms with E-state index in [9.17, 15) is 9.59 Å². The molecule has 0 radical (unpaired) electrons. The first kappa shape index (κ1) is 8.99. The molecular formula is C10H11NO3. The summed E-state index contributed by atoms with van der Waals surface area (Å²) in [6.07, 6.45) is 3.40. The zero-order valence-electron chi connectivity index (χ0n) is 7.62. The van der Waals surface area contributed by atoms with Crippen LogP contribution in [0, 0.1) is 5.92 Å². The predicted octanol–water partition coefficient (Wildman–Crippen LogP) is 1.23. The van der Waals surface area contributed by atoms with E-state index >= 15 is 0 Å². The minimum atomic E-state index is -1.41. The van der Waals surface area contributed by atoms with Gasteiger partial charge in [0.2, 0.25) is 0 Å². The highest BCUT2D eigenvalue weighted by atomic mass is 16.4. The van der Waals surface area contributed by atoms with Gasteiger partial charge < -0.3 is 10.1 Å². The summed E-state index contributed by atoms with van der Waals surface area (Å²) in [4.78, 5) is 24.2. The summed E-state index contributed by atoms with van der Waals surface area (Å²) >= 11 is 0. The molecular weight excluding hydrogens is 182 g/mol. The fourth-order valence-corrected chi connectivity index (χ4v) is 1.44. The lowest BCUT2D eigenvalue weighted by atomic mass is 10.2. The molecule has 2 N–H and O–H groups in total. The molecule has 1 aliphatic rings. The van der Waals surface area contributed by atoms with Crippen molar-refractivity contribution >= 4 is 11.8 Å². The van der Waals surface area contributed by atoms with Crippen molar-refractivity contribution in [3.8, 4) is 0 Å². The second kappa shape index (κ2) is 3.29. The standard InChI is InChI=1S/C10H11NO3/c12-9(10(13)14)8-4-3-7(11-8)5-6-1-2-6/h3-4,6,11H,1-2,5H2,(H,13,14). The van der Waals surface area contributed by atoms with Crippen LogP contribution in [-0.4, -0.2) is 21.8 Å². The number of hydrogen-bond donors (Lipinski definition) is 2. The van der Waals surface area contributed by atoms with Crippen molar-refractivity contribution in [3.05, 3.63) is 23.5 Å². The van der Waals surface area contributed by atoms with Crippen molar-refractivity contribution in [3.63, 3.8) is 0 Å². The average Bonchev–Trinajstić information content (AvgIpc) is 2.81. The van der Waals surface area contributed by atoms with Crippen molar-refractivity contribution in [1.82, 2.24) is 4.98 Å². The number of aliphatic carboxylic acids is 1. The lowest BCUT2D eigenvalue weighted by molar-refractivity contribution is -0.131.